The first-order valence-corrected chi connectivity index (χ1v) is 9.78. The fourth-order valence-electron chi connectivity index (χ4n) is 2.22. The van der Waals surface area contributed by atoms with Gasteiger partial charge in [-0.2, -0.15) is 4.31 Å². The van der Waals surface area contributed by atoms with E-state index >= 15 is 0 Å². The third kappa shape index (κ3) is 4.89. The van der Waals surface area contributed by atoms with Crippen LogP contribution in [0.4, 0.5) is 5.69 Å². The van der Waals surface area contributed by atoms with E-state index in [1.165, 1.54) is 4.31 Å². The van der Waals surface area contributed by atoms with E-state index in [2.05, 4.69) is 17.6 Å². The molecular weight excluding hydrogens is 330 g/mol. The second kappa shape index (κ2) is 8.61. The van der Waals surface area contributed by atoms with Crippen molar-refractivity contribution < 1.29 is 8.42 Å². The molecule has 7 heteroatoms. The topological polar surface area (TPSA) is 61.4 Å². The van der Waals surface area contributed by atoms with Gasteiger partial charge in [-0.15, -0.1) is 0 Å². The van der Waals surface area contributed by atoms with Crippen molar-refractivity contribution in [1.82, 2.24) is 9.62 Å². The van der Waals surface area contributed by atoms with E-state index < -0.39 is 10.0 Å². The van der Waals surface area contributed by atoms with Crippen LogP contribution in [0.3, 0.4) is 0 Å². The van der Waals surface area contributed by atoms with Gasteiger partial charge in [-0.1, -0.05) is 20.8 Å². The van der Waals surface area contributed by atoms with E-state index in [0.29, 0.717) is 23.1 Å². The molecule has 0 saturated heterocycles. The smallest absolute Gasteiger partial charge is 0.243 e. The van der Waals surface area contributed by atoms with Crippen LogP contribution in [0.1, 0.15) is 38.3 Å². The molecule has 0 saturated carbocycles. The SMILES string of the molecule is CCCNC(=S)Nc1cc(S(=O)(=O)N(CC)CC)cc(C)c1C. The van der Waals surface area contributed by atoms with E-state index in [9.17, 15) is 8.42 Å². The van der Waals surface area contributed by atoms with Crippen molar-refractivity contribution in [2.75, 3.05) is 25.0 Å². The molecule has 0 aliphatic carbocycles. The number of rotatable bonds is 7. The summed E-state index contributed by atoms with van der Waals surface area (Å²) in [6.07, 6.45) is 0.968. The summed E-state index contributed by atoms with van der Waals surface area (Å²) in [7, 11) is -3.49. The van der Waals surface area contributed by atoms with Crippen molar-refractivity contribution in [3.63, 3.8) is 0 Å². The number of sulfonamides is 1. The quantitative estimate of drug-likeness (QED) is 0.735. The molecule has 130 valence electrons. The van der Waals surface area contributed by atoms with Crippen LogP contribution in [0.25, 0.3) is 0 Å². The van der Waals surface area contributed by atoms with Crippen molar-refractivity contribution in [2.45, 2.75) is 45.9 Å². The molecule has 0 bridgehead atoms. The highest BCUT2D eigenvalue weighted by molar-refractivity contribution is 7.89. The van der Waals surface area contributed by atoms with Crippen LogP contribution in [-0.2, 0) is 10.0 Å². The molecule has 0 amide bonds. The van der Waals surface area contributed by atoms with Gasteiger partial charge in [0.1, 0.15) is 0 Å². The van der Waals surface area contributed by atoms with Gasteiger partial charge < -0.3 is 10.6 Å². The minimum atomic E-state index is -3.49. The van der Waals surface area contributed by atoms with Gasteiger partial charge in [0.15, 0.2) is 5.11 Å². The fourth-order valence-corrected chi connectivity index (χ4v) is 4.01. The fraction of sp³-hybridized carbons (Fsp3) is 0.562. The lowest BCUT2D eigenvalue weighted by atomic mass is 10.1. The molecule has 5 nitrogen and oxygen atoms in total. The summed E-state index contributed by atoms with van der Waals surface area (Å²) < 4.78 is 26.9. The van der Waals surface area contributed by atoms with Gasteiger partial charge in [-0.3, -0.25) is 0 Å². The van der Waals surface area contributed by atoms with E-state index in [1.54, 1.807) is 12.1 Å². The zero-order valence-corrected chi connectivity index (χ0v) is 16.2. The van der Waals surface area contributed by atoms with E-state index in [-0.39, 0.29) is 0 Å². The maximum Gasteiger partial charge on any atom is 0.243 e. The molecule has 2 N–H and O–H groups in total. The summed E-state index contributed by atoms with van der Waals surface area (Å²) in [6.45, 7) is 11.3. The van der Waals surface area contributed by atoms with Crippen LogP contribution in [-0.4, -0.2) is 37.5 Å². The maximum absolute atomic E-state index is 12.7. The Bertz CT molecular complexity index is 654. The number of anilines is 1. The Hall–Kier alpha value is -1.18. The predicted molar refractivity (Wildman–Crippen MR) is 101 cm³/mol. The van der Waals surface area contributed by atoms with Gasteiger partial charge in [0.2, 0.25) is 10.0 Å². The lowest BCUT2D eigenvalue weighted by Crippen LogP contribution is -2.31. The Labute approximate surface area is 145 Å². The minimum Gasteiger partial charge on any atom is -0.362 e. The molecule has 0 aliphatic heterocycles. The van der Waals surface area contributed by atoms with Crippen molar-refractivity contribution >= 4 is 33.0 Å². The van der Waals surface area contributed by atoms with Gasteiger partial charge >= 0.3 is 0 Å². The molecule has 0 atom stereocenters. The molecule has 0 fully saturated rings. The monoisotopic (exact) mass is 357 g/mol. The summed E-state index contributed by atoms with van der Waals surface area (Å²) in [4.78, 5) is 0.296. The van der Waals surface area contributed by atoms with E-state index in [4.69, 9.17) is 12.2 Å². The summed E-state index contributed by atoms with van der Waals surface area (Å²) in [5.74, 6) is 0. The van der Waals surface area contributed by atoms with Crippen molar-refractivity contribution in [3.05, 3.63) is 23.3 Å². The molecule has 0 spiro atoms. The molecule has 0 unspecified atom stereocenters. The first-order valence-electron chi connectivity index (χ1n) is 7.94. The zero-order valence-electron chi connectivity index (χ0n) is 14.6. The molecule has 0 aromatic heterocycles. The Morgan fingerprint density at radius 3 is 2.30 bits per heavy atom. The van der Waals surface area contributed by atoms with Crippen LogP contribution in [0.5, 0.6) is 0 Å². The predicted octanol–water partition coefficient (Wildman–Crippen LogP) is 3.03. The van der Waals surface area contributed by atoms with Gasteiger partial charge in [0.25, 0.3) is 0 Å². The maximum atomic E-state index is 12.7. The molecule has 0 radical (unpaired) electrons. The third-order valence-corrected chi connectivity index (χ3v) is 6.04. The number of nitrogens with zero attached hydrogens (tertiary/aromatic N) is 1. The normalized spacial score (nSPS) is 11.6. The van der Waals surface area contributed by atoms with Crippen LogP contribution in [0, 0.1) is 13.8 Å². The number of nitrogens with one attached hydrogen (secondary N) is 2. The van der Waals surface area contributed by atoms with Crippen LogP contribution in [0.2, 0.25) is 0 Å². The highest BCUT2D eigenvalue weighted by Crippen LogP contribution is 2.26. The van der Waals surface area contributed by atoms with Crippen LogP contribution in [0.15, 0.2) is 17.0 Å². The second-order valence-corrected chi connectivity index (χ2v) is 7.73. The molecule has 1 aromatic rings. The van der Waals surface area contributed by atoms with E-state index in [0.717, 1.165) is 29.8 Å². The molecular formula is C16H27N3O2S2. The molecule has 23 heavy (non-hydrogen) atoms. The number of hydrogen-bond acceptors (Lipinski definition) is 3. The Kier molecular flexibility index (Phi) is 7.44. The number of aryl methyl sites for hydroxylation is 1. The lowest BCUT2D eigenvalue weighted by Gasteiger charge is -2.21. The number of hydrogen-bond donors (Lipinski definition) is 2. The number of thiocarbonyl (C=S) groups is 1. The largest absolute Gasteiger partial charge is 0.362 e. The molecule has 0 heterocycles. The van der Waals surface area contributed by atoms with Gasteiger partial charge in [0, 0.05) is 25.3 Å². The van der Waals surface area contributed by atoms with Crippen molar-refractivity contribution in [3.8, 4) is 0 Å². The van der Waals surface area contributed by atoms with Crippen molar-refractivity contribution in [1.29, 1.82) is 0 Å². The average Bonchev–Trinajstić information content (AvgIpc) is 2.50. The van der Waals surface area contributed by atoms with E-state index in [1.807, 2.05) is 27.7 Å². The van der Waals surface area contributed by atoms with Crippen molar-refractivity contribution in [2.24, 2.45) is 0 Å². The molecule has 1 rings (SSSR count). The Morgan fingerprint density at radius 2 is 1.78 bits per heavy atom. The van der Waals surface area contributed by atoms with Crippen LogP contribution >= 0.6 is 12.2 Å². The summed E-state index contributed by atoms with van der Waals surface area (Å²) in [5, 5.41) is 6.71. The minimum absolute atomic E-state index is 0.296. The highest BCUT2D eigenvalue weighted by atomic mass is 32.2. The summed E-state index contributed by atoms with van der Waals surface area (Å²) in [5.41, 5.74) is 2.63. The third-order valence-electron chi connectivity index (χ3n) is 3.77. The first kappa shape index (κ1) is 19.9. The first-order chi connectivity index (χ1) is 10.8. The summed E-state index contributed by atoms with van der Waals surface area (Å²) >= 11 is 5.26. The summed E-state index contributed by atoms with van der Waals surface area (Å²) in [6, 6.07) is 3.38. The molecule has 0 aliphatic rings. The van der Waals surface area contributed by atoms with Gasteiger partial charge in [-0.25, -0.2) is 8.42 Å². The lowest BCUT2D eigenvalue weighted by molar-refractivity contribution is 0.445. The molecule has 1 aromatic carbocycles. The van der Waals surface area contributed by atoms with Gasteiger partial charge in [-0.05, 0) is 55.7 Å². The average molecular weight is 358 g/mol. The highest BCUT2D eigenvalue weighted by Gasteiger charge is 2.23. The Morgan fingerprint density at radius 1 is 1.17 bits per heavy atom. The zero-order chi connectivity index (χ0) is 17.6. The Balaban J connectivity index is 3.21. The standard InChI is InChI=1S/C16H27N3O2S2/c1-6-9-17-16(22)18-15-11-14(10-12(4)13(15)5)23(20,21)19(7-2)8-3/h10-11H,6-9H2,1-5H3,(H2,17,18,22). The van der Waals surface area contributed by atoms with Gasteiger partial charge in [0.05, 0.1) is 4.90 Å². The number of benzene rings is 1. The van der Waals surface area contributed by atoms with Crippen LogP contribution < -0.4 is 10.6 Å². The second-order valence-electron chi connectivity index (χ2n) is 5.38.